The molecule has 1 aromatic heterocycles. The number of primary amides is 1. The Morgan fingerprint density at radius 3 is 3.05 bits per heavy atom. The van der Waals surface area contributed by atoms with Crippen LogP contribution in [0.15, 0.2) is 6.20 Å². The molecule has 1 fully saturated rings. The largest absolute Gasteiger partial charge is 0.388 e. The van der Waals surface area contributed by atoms with E-state index in [1.165, 1.54) is 0 Å². The second-order valence-corrected chi connectivity index (χ2v) is 4.76. The summed E-state index contributed by atoms with van der Waals surface area (Å²) in [5.41, 5.74) is 4.50. The van der Waals surface area contributed by atoms with Crippen molar-refractivity contribution in [2.75, 3.05) is 26.3 Å². The lowest BCUT2D eigenvalue weighted by atomic mass is 9.94. The summed E-state index contributed by atoms with van der Waals surface area (Å²) in [6.45, 7) is 2.89. The predicted molar refractivity (Wildman–Crippen MR) is 67.5 cm³/mol. The van der Waals surface area contributed by atoms with Crippen molar-refractivity contribution in [2.24, 2.45) is 5.73 Å². The van der Waals surface area contributed by atoms with Crippen molar-refractivity contribution >= 4 is 5.91 Å². The molecule has 7 heteroatoms. The second-order valence-electron chi connectivity index (χ2n) is 4.76. The standard InChI is InChI=1S/C12H19N4O3/c13-10(17)11-15-4-6-16(11)5-3-14-9-12(18)1-7-19-8-2-12/h6,14,18H,1-3,5,7-9H2,(H2,13,17). The zero-order valence-corrected chi connectivity index (χ0v) is 10.8. The molecule has 4 N–H and O–H groups in total. The Balaban J connectivity index is 1.74. The number of nitrogens with two attached hydrogens (primary N) is 1. The fourth-order valence-electron chi connectivity index (χ4n) is 2.10. The fourth-order valence-corrected chi connectivity index (χ4v) is 2.10. The molecule has 0 atom stereocenters. The minimum atomic E-state index is -0.689. The summed E-state index contributed by atoms with van der Waals surface area (Å²) in [5.74, 6) is -0.365. The normalized spacial score (nSPS) is 18.4. The van der Waals surface area contributed by atoms with Crippen LogP contribution in [-0.4, -0.2) is 52.5 Å². The Morgan fingerprint density at radius 2 is 2.37 bits per heavy atom. The van der Waals surface area contributed by atoms with Gasteiger partial charge in [0.25, 0.3) is 5.91 Å². The minimum absolute atomic E-state index is 0.201. The van der Waals surface area contributed by atoms with Crippen LogP contribution in [0.5, 0.6) is 0 Å². The summed E-state index contributed by atoms with van der Waals surface area (Å²) in [6, 6.07) is 0. The third kappa shape index (κ3) is 3.76. The summed E-state index contributed by atoms with van der Waals surface area (Å²) in [5, 5.41) is 13.4. The summed E-state index contributed by atoms with van der Waals surface area (Å²) < 4.78 is 6.86. The van der Waals surface area contributed by atoms with Crippen LogP contribution in [0.2, 0.25) is 0 Å². The fraction of sp³-hybridized carbons (Fsp3) is 0.667. The van der Waals surface area contributed by atoms with Gasteiger partial charge in [0.2, 0.25) is 0 Å². The Bertz CT molecular complexity index is 426. The number of hydrogen-bond donors (Lipinski definition) is 3. The molecular formula is C12H19N4O3. The van der Waals surface area contributed by atoms with Crippen molar-refractivity contribution in [3.8, 4) is 0 Å². The molecule has 1 radical (unpaired) electrons. The highest BCUT2D eigenvalue weighted by molar-refractivity contribution is 5.89. The van der Waals surface area contributed by atoms with E-state index in [1.54, 1.807) is 10.8 Å². The molecule has 0 aromatic carbocycles. The van der Waals surface area contributed by atoms with Crippen molar-refractivity contribution in [2.45, 2.75) is 25.0 Å². The third-order valence-electron chi connectivity index (χ3n) is 3.28. The van der Waals surface area contributed by atoms with Crippen LogP contribution in [-0.2, 0) is 11.3 Å². The Morgan fingerprint density at radius 1 is 1.63 bits per heavy atom. The smallest absolute Gasteiger partial charge is 0.284 e. The van der Waals surface area contributed by atoms with Crippen molar-refractivity contribution in [1.82, 2.24) is 14.9 Å². The van der Waals surface area contributed by atoms with E-state index in [4.69, 9.17) is 10.5 Å². The first-order valence-corrected chi connectivity index (χ1v) is 6.35. The number of nitrogens with one attached hydrogen (secondary N) is 1. The van der Waals surface area contributed by atoms with Gasteiger partial charge in [-0.05, 0) is 0 Å². The summed E-state index contributed by atoms with van der Waals surface area (Å²) >= 11 is 0. The van der Waals surface area contributed by atoms with Crippen LogP contribution in [0, 0.1) is 6.20 Å². The average molecular weight is 267 g/mol. The van der Waals surface area contributed by atoms with Crippen LogP contribution < -0.4 is 11.1 Å². The van der Waals surface area contributed by atoms with E-state index in [9.17, 15) is 9.90 Å². The van der Waals surface area contributed by atoms with Crippen molar-refractivity contribution < 1.29 is 14.6 Å². The highest BCUT2D eigenvalue weighted by Gasteiger charge is 2.28. The van der Waals surface area contributed by atoms with Crippen molar-refractivity contribution in [3.63, 3.8) is 0 Å². The first kappa shape index (κ1) is 14.0. The highest BCUT2D eigenvalue weighted by Crippen LogP contribution is 2.18. The minimum Gasteiger partial charge on any atom is -0.388 e. The van der Waals surface area contributed by atoms with E-state index in [0.717, 1.165) is 0 Å². The molecule has 1 saturated heterocycles. The number of hydrogen-bond acceptors (Lipinski definition) is 5. The van der Waals surface area contributed by atoms with Gasteiger partial charge in [0, 0.05) is 51.9 Å². The van der Waals surface area contributed by atoms with Gasteiger partial charge in [0.05, 0.1) is 5.60 Å². The number of aromatic nitrogens is 2. The van der Waals surface area contributed by atoms with Gasteiger partial charge in [0.15, 0.2) is 5.82 Å². The van der Waals surface area contributed by atoms with E-state index in [1.807, 2.05) is 0 Å². The molecule has 1 aliphatic heterocycles. The van der Waals surface area contributed by atoms with E-state index >= 15 is 0 Å². The second kappa shape index (κ2) is 6.14. The van der Waals surface area contributed by atoms with Gasteiger partial charge in [-0.15, -0.1) is 0 Å². The molecule has 1 amide bonds. The van der Waals surface area contributed by atoms with Crippen LogP contribution in [0.3, 0.4) is 0 Å². The van der Waals surface area contributed by atoms with Crippen molar-refractivity contribution in [3.05, 3.63) is 18.2 Å². The molecule has 0 spiro atoms. The number of imidazole rings is 1. The first-order valence-electron chi connectivity index (χ1n) is 6.35. The molecule has 105 valence electrons. The van der Waals surface area contributed by atoms with Crippen LogP contribution in [0.25, 0.3) is 0 Å². The first-order chi connectivity index (χ1) is 9.11. The number of amides is 1. The molecule has 0 aliphatic carbocycles. The highest BCUT2D eigenvalue weighted by atomic mass is 16.5. The molecule has 7 nitrogen and oxygen atoms in total. The lowest BCUT2D eigenvalue weighted by Gasteiger charge is -2.32. The maximum absolute atomic E-state index is 11.1. The molecule has 2 rings (SSSR count). The Kier molecular flexibility index (Phi) is 4.52. The molecule has 1 aliphatic rings. The zero-order valence-electron chi connectivity index (χ0n) is 10.8. The molecular weight excluding hydrogens is 248 g/mol. The van der Waals surface area contributed by atoms with E-state index < -0.39 is 11.5 Å². The SMILES string of the molecule is NC(=O)c1n[c]cn1CCNCC1(O)CCOCC1. The number of carbonyl (C=O) groups excluding carboxylic acids is 1. The lowest BCUT2D eigenvalue weighted by molar-refractivity contribution is -0.0615. The van der Waals surface area contributed by atoms with Gasteiger partial charge in [-0.1, -0.05) is 0 Å². The Hall–Kier alpha value is -1.44. The zero-order chi connectivity index (χ0) is 13.7. The van der Waals surface area contributed by atoms with Crippen LogP contribution in [0.4, 0.5) is 0 Å². The topological polar surface area (TPSA) is 102 Å². The van der Waals surface area contributed by atoms with E-state index in [2.05, 4.69) is 16.5 Å². The van der Waals surface area contributed by atoms with E-state index in [0.29, 0.717) is 45.7 Å². The predicted octanol–water partition coefficient (Wildman–Crippen LogP) is -1.09. The number of rotatable bonds is 6. The summed E-state index contributed by atoms with van der Waals surface area (Å²) in [7, 11) is 0. The maximum Gasteiger partial charge on any atom is 0.284 e. The van der Waals surface area contributed by atoms with Crippen LogP contribution in [0.1, 0.15) is 23.5 Å². The number of aliphatic hydroxyl groups is 1. The Labute approximate surface area is 111 Å². The van der Waals surface area contributed by atoms with Gasteiger partial charge >= 0.3 is 0 Å². The van der Waals surface area contributed by atoms with Gasteiger partial charge in [-0.3, -0.25) is 4.79 Å². The summed E-state index contributed by atoms with van der Waals surface area (Å²) in [4.78, 5) is 14.8. The molecule has 0 unspecified atom stereocenters. The number of ether oxygens (including phenoxy) is 1. The quantitative estimate of drug-likeness (QED) is 0.569. The average Bonchev–Trinajstić information content (AvgIpc) is 2.84. The van der Waals surface area contributed by atoms with Crippen LogP contribution >= 0.6 is 0 Å². The van der Waals surface area contributed by atoms with Gasteiger partial charge in [0.1, 0.15) is 6.20 Å². The monoisotopic (exact) mass is 267 g/mol. The number of nitrogens with zero attached hydrogens (tertiary/aromatic N) is 2. The maximum atomic E-state index is 11.1. The van der Waals surface area contributed by atoms with E-state index in [-0.39, 0.29) is 5.82 Å². The molecule has 0 saturated carbocycles. The molecule has 1 aromatic rings. The van der Waals surface area contributed by atoms with Gasteiger partial charge < -0.3 is 25.5 Å². The van der Waals surface area contributed by atoms with Gasteiger partial charge in [-0.2, -0.15) is 0 Å². The third-order valence-corrected chi connectivity index (χ3v) is 3.28. The molecule has 19 heavy (non-hydrogen) atoms. The number of carbonyl (C=O) groups is 1. The molecule has 0 bridgehead atoms. The summed E-state index contributed by atoms with van der Waals surface area (Å²) in [6.07, 6.45) is 5.47. The lowest BCUT2D eigenvalue weighted by Crippen LogP contribution is -2.45. The van der Waals surface area contributed by atoms with Gasteiger partial charge in [-0.25, -0.2) is 4.98 Å². The molecule has 2 heterocycles. The van der Waals surface area contributed by atoms with Crippen molar-refractivity contribution in [1.29, 1.82) is 0 Å².